The van der Waals surface area contributed by atoms with Gasteiger partial charge >= 0.3 is 11.9 Å². The molecule has 2 saturated carbocycles. The summed E-state index contributed by atoms with van der Waals surface area (Å²) in [4.78, 5) is 24.4. The molecule has 0 bridgehead atoms. The van der Waals surface area contributed by atoms with Crippen LogP contribution in [0.2, 0.25) is 0 Å². The third-order valence-electron chi connectivity index (χ3n) is 8.33. The summed E-state index contributed by atoms with van der Waals surface area (Å²) in [5.41, 5.74) is 2.08. The predicted octanol–water partition coefficient (Wildman–Crippen LogP) is 4.82. The van der Waals surface area contributed by atoms with E-state index >= 15 is 0 Å². The van der Waals surface area contributed by atoms with Crippen LogP contribution in [0.4, 0.5) is 0 Å². The molecule has 1 aromatic rings. The van der Waals surface area contributed by atoms with E-state index in [9.17, 15) is 9.59 Å². The maximum atomic E-state index is 12.8. The first-order chi connectivity index (χ1) is 15.2. The van der Waals surface area contributed by atoms with Gasteiger partial charge < -0.3 is 13.9 Å². The first-order valence-corrected chi connectivity index (χ1v) is 11.8. The molecule has 0 saturated heterocycles. The van der Waals surface area contributed by atoms with E-state index < -0.39 is 11.5 Å². The Hall–Kier alpha value is -2.08. The van der Waals surface area contributed by atoms with Crippen molar-refractivity contribution in [3.63, 3.8) is 0 Å². The maximum absolute atomic E-state index is 12.8. The normalized spacial score (nSPS) is 31.0. The number of fused-ring (bicyclic) bond motifs is 1. The number of rotatable bonds is 8. The second kappa shape index (κ2) is 9.82. The summed E-state index contributed by atoms with van der Waals surface area (Å²) < 4.78 is 15.7. The molecule has 2 fully saturated rings. The van der Waals surface area contributed by atoms with Crippen LogP contribution in [-0.2, 0) is 32.0 Å². The predicted molar refractivity (Wildman–Crippen MR) is 123 cm³/mol. The van der Waals surface area contributed by atoms with Crippen molar-refractivity contribution in [1.82, 2.24) is 5.32 Å². The van der Waals surface area contributed by atoms with Crippen molar-refractivity contribution < 1.29 is 23.5 Å². The molecule has 2 unspecified atom stereocenters. The van der Waals surface area contributed by atoms with Gasteiger partial charge in [-0.2, -0.15) is 0 Å². The standard InChI is InChI=1S/C26H39NO5/c1-17-8-11-22-25(3,13-7-14-26(22,4)24(29)31-6)20(17)10-9-19-12-15-32-21(19)16-27-18(2)23(28)30-5/h12,15,18,20,22,27H,1,7-11,13-14,16H2,2-6H3/t18?,20-,22?,25+,26-/m0/s1. The molecule has 0 spiro atoms. The Labute approximate surface area is 192 Å². The summed E-state index contributed by atoms with van der Waals surface area (Å²) >= 11 is 0. The van der Waals surface area contributed by atoms with Crippen LogP contribution in [0.1, 0.15) is 70.6 Å². The maximum Gasteiger partial charge on any atom is 0.322 e. The molecule has 0 aromatic carbocycles. The SMILES string of the molecule is C=C1CCC2[C@](C)(CCC[C@]2(C)C(=O)OC)[C@H]1CCc1ccoc1CNC(C)C(=O)OC. The number of methoxy groups -OCH3 is 2. The molecular formula is C26H39NO5. The Balaban J connectivity index is 1.72. The number of carbonyl (C=O) groups excluding carboxylic acids is 2. The van der Waals surface area contributed by atoms with E-state index in [1.165, 1.54) is 19.8 Å². The average Bonchev–Trinajstić information content (AvgIpc) is 3.22. The first-order valence-electron chi connectivity index (χ1n) is 11.8. The monoisotopic (exact) mass is 445 g/mol. The van der Waals surface area contributed by atoms with Crippen molar-refractivity contribution in [3.8, 4) is 0 Å². The second-order valence-corrected chi connectivity index (χ2v) is 10.1. The number of aryl methyl sites for hydroxylation is 1. The quantitative estimate of drug-likeness (QED) is 0.457. The van der Waals surface area contributed by atoms with Gasteiger partial charge in [0.1, 0.15) is 11.8 Å². The lowest BCUT2D eigenvalue weighted by atomic mass is 9.46. The Kier molecular flexibility index (Phi) is 7.53. The van der Waals surface area contributed by atoms with Gasteiger partial charge in [0.2, 0.25) is 0 Å². The number of hydrogen-bond donors (Lipinski definition) is 1. The lowest BCUT2D eigenvalue weighted by Crippen LogP contribution is -2.53. The van der Waals surface area contributed by atoms with Crippen molar-refractivity contribution in [3.05, 3.63) is 35.8 Å². The van der Waals surface area contributed by atoms with Gasteiger partial charge in [-0.1, -0.05) is 25.5 Å². The van der Waals surface area contributed by atoms with Crippen LogP contribution in [0.25, 0.3) is 0 Å². The summed E-state index contributed by atoms with van der Waals surface area (Å²) in [6.07, 6.45) is 8.58. The summed E-state index contributed by atoms with van der Waals surface area (Å²) in [5, 5.41) is 3.17. The van der Waals surface area contributed by atoms with E-state index in [0.29, 0.717) is 18.4 Å². The van der Waals surface area contributed by atoms with Crippen LogP contribution in [0.15, 0.2) is 28.9 Å². The first kappa shape index (κ1) is 24.6. The van der Waals surface area contributed by atoms with Gasteiger partial charge in [0, 0.05) is 0 Å². The lowest BCUT2D eigenvalue weighted by molar-refractivity contribution is -0.168. The van der Waals surface area contributed by atoms with Gasteiger partial charge in [0.15, 0.2) is 0 Å². The number of esters is 2. The number of hydrogen-bond acceptors (Lipinski definition) is 6. The third-order valence-corrected chi connectivity index (χ3v) is 8.33. The topological polar surface area (TPSA) is 77.8 Å². The van der Waals surface area contributed by atoms with Crippen LogP contribution in [0.5, 0.6) is 0 Å². The summed E-state index contributed by atoms with van der Waals surface area (Å²) in [6, 6.07) is 1.62. The van der Waals surface area contributed by atoms with Gasteiger partial charge in [0.25, 0.3) is 0 Å². The fourth-order valence-electron chi connectivity index (χ4n) is 6.51. The van der Waals surface area contributed by atoms with Crippen LogP contribution < -0.4 is 5.32 Å². The third kappa shape index (κ3) is 4.52. The Morgan fingerprint density at radius 2 is 2.03 bits per heavy atom. The lowest BCUT2D eigenvalue weighted by Gasteiger charge is -2.57. The molecule has 0 radical (unpaired) electrons. The molecule has 0 aliphatic heterocycles. The minimum absolute atomic E-state index is 0.0398. The van der Waals surface area contributed by atoms with E-state index in [2.05, 4.69) is 25.7 Å². The molecule has 1 heterocycles. The molecular weight excluding hydrogens is 406 g/mol. The Bertz CT molecular complexity index is 845. The second-order valence-electron chi connectivity index (χ2n) is 10.1. The highest BCUT2D eigenvalue weighted by Gasteiger charge is 2.57. The van der Waals surface area contributed by atoms with Crippen LogP contribution in [0, 0.1) is 22.7 Å². The number of nitrogens with one attached hydrogen (secondary N) is 1. The molecule has 1 aromatic heterocycles. The average molecular weight is 446 g/mol. The molecule has 6 heteroatoms. The van der Waals surface area contributed by atoms with Crippen molar-refractivity contribution in [1.29, 1.82) is 0 Å². The number of furan rings is 1. The van der Waals surface area contributed by atoms with Crippen molar-refractivity contribution in [2.75, 3.05) is 14.2 Å². The largest absolute Gasteiger partial charge is 0.469 e. The van der Waals surface area contributed by atoms with Crippen LogP contribution in [-0.4, -0.2) is 32.2 Å². The molecule has 5 atom stereocenters. The summed E-state index contributed by atoms with van der Waals surface area (Å²) in [5.74, 6) is 1.16. The zero-order valence-corrected chi connectivity index (χ0v) is 20.3. The van der Waals surface area contributed by atoms with Gasteiger partial charge in [-0.05, 0) is 81.3 Å². The van der Waals surface area contributed by atoms with E-state index in [-0.39, 0.29) is 17.4 Å². The minimum atomic E-state index is -0.421. The van der Waals surface area contributed by atoms with Gasteiger partial charge in [-0.15, -0.1) is 0 Å². The van der Waals surface area contributed by atoms with Crippen molar-refractivity contribution >= 4 is 11.9 Å². The molecule has 2 aliphatic carbocycles. The minimum Gasteiger partial charge on any atom is -0.469 e. The fourth-order valence-corrected chi connectivity index (χ4v) is 6.51. The number of allylic oxidation sites excluding steroid dienone is 1. The zero-order chi connectivity index (χ0) is 23.5. The Morgan fingerprint density at radius 1 is 1.28 bits per heavy atom. The molecule has 0 amide bonds. The van der Waals surface area contributed by atoms with Gasteiger partial charge in [-0.3, -0.25) is 14.9 Å². The molecule has 1 N–H and O–H groups in total. The zero-order valence-electron chi connectivity index (χ0n) is 20.3. The highest BCUT2D eigenvalue weighted by Crippen LogP contribution is 2.62. The smallest absolute Gasteiger partial charge is 0.322 e. The highest BCUT2D eigenvalue weighted by molar-refractivity contribution is 5.77. The molecule has 32 heavy (non-hydrogen) atoms. The van der Waals surface area contributed by atoms with Crippen LogP contribution in [0.3, 0.4) is 0 Å². The molecule has 6 nitrogen and oxygen atoms in total. The Morgan fingerprint density at radius 3 is 2.72 bits per heavy atom. The number of carbonyl (C=O) groups is 2. The van der Waals surface area contributed by atoms with Crippen LogP contribution >= 0.6 is 0 Å². The summed E-state index contributed by atoms with van der Waals surface area (Å²) in [7, 11) is 2.90. The van der Waals surface area contributed by atoms with E-state index in [1.54, 1.807) is 13.2 Å². The number of ether oxygens (including phenoxy) is 2. The molecule has 178 valence electrons. The summed E-state index contributed by atoms with van der Waals surface area (Å²) in [6.45, 7) is 11.2. The van der Waals surface area contributed by atoms with Gasteiger partial charge in [-0.25, -0.2) is 0 Å². The highest BCUT2D eigenvalue weighted by atomic mass is 16.5. The molecule has 2 aliphatic rings. The van der Waals surface area contributed by atoms with E-state index in [1.807, 2.05) is 6.07 Å². The van der Waals surface area contributed by atoms with Gasteiger partial charge in [0.05, 0.1) is 32.4 Å². The fraction of sp³-hybridized carbons (Fsp3) is 0.692. The van der Waals surface area contributed by atoms with Crippen molar-refractivity contribution in [2.24, 2.45) is 22.7 Å². The molecule has 3 rings (SSSR count). The van der Waals surface area contributed by atoms with E-state index in [4.69, 9.17) is 13.9 Å². The van der Waals surface area contributed by atoms with Crippen molar-refractivity contribution in [2.45, 2.75) is 78.3 Å². The van der Waals surface area contributed by atoms with E-state index in [0.717, 1.165) is 56.3 Å².